The molecule has 2 rings (SSSR count). The Bertz CT molecular complexity index is 484. The molecule has 0 aliphatic carbocycles. The molecule has 0 aliphatic heterocycles. The Morgan fingerprint density at radius 1 is 1.40 bits per heavy atom. The molecule has 0 saturated carbocycles. The van der Waals surface area contributed by atoms with Crippen molar-refractivity contribution in [2.75, 3.05) is 7.11 Å². The average Bonchev–Trinajstić information content (AvgIpc) is 2.66. The first-order valence-corrected chi connectivity index (χ1v) is 5.50. The fourth-order valence-corrected chi connectivity index (χ4v) is 2.08. The second-order valence-corrected chi connectivity index (χ2v) is 4.14. The van der Waals surface area contributed by atoms with E-state index >= 15 is 0 Å². The van der Waals surface area contributed by atoms with Crippen LogP contribution in [0.2, 0.25) is 5.28 Å². The van der Waals surface area contributed by atoms with E-state index in [2.05, 4.69) is 9.36 Å². The van der Waals surface area contributed by atoms with E-state index in [-0.39, 0.29) is 5.28 Å². The number of benzene rings is 1. The third kappa shape index (κ3) is 2.11. The molecular formula is C10H9ClN2OS. The molecule has 0 fully saturated rings. The highest BCUT2D eigenvalue weighted by Gasteiger charge is 2.07. The van der Waals surface area contributed by atoms with E-state index in [0.29, 0.717) is 0 Å². The van der Waals surface area contributed by atoms with Gasteiger partial charge in [0.05, 0.1) is 7.11 Å². The number of aromatic nitrogens is 2. The van der Waals surface area contributed by atoms with Gasteiger partial charge in [-0.05, 0) is 41.7 Å². The summed E-state index contributed by atoms with van der Waals surface area (Å²) in [5.74, 6) is 0.846. The highest BCUT2D eigenvalue weighted by Crippen LogP contribution is 2.28. The molecule has 0 amide bonds. The maximum Gasteiger partial charge on any atom is 0.234 e. The van der Waals surface area contributed by atoms with Crippen molar-refractivity contribution >= 4 is 23.1 Å². The van der Waals surface area contributed by atoms with Gasteiger partial charge in [0.2, 0.25) is 5.28 Å². The SMILES string of the molecule is COc1cc(-c2nc(Cl)ns2)ccc1C. The zero-order chi connectivity index (χ0) is 10.8. The Labute approximate surface area is 96.9 Å². The Morgan fingerprint density at radius 2 is 2.20 bits per heavy atom. The molecule has 78 valence electrons. The van der Waals surface area contributed by atoms with Crippen LogP contribution in [0, 0.1) is 6.92 Å². The summed E-state index contributed by atoms with van der Waals surface area (Å²) in [7, 11) is 1.65. The number of aryl methyl sites for hydroxylation is 1. The summed E-state index contributed by atoms with van der Waals surface area (Å²) in [6.07, 6.45) is 0. The maximum absolute atomic E-state index is 5.67. The fourth-order valence-electron chi connectivity index (χ4n) is 1.28. The molecule has 0 bridgehead atoms. The molecule has 0 unspecified atom stereocenters. The predicted molar refractivity (Wildman–Crippen MR) is 61.6 cm³/mol. The monoisotopic (exact) mass is 240 g/mol. The Kier molecular flexibility index (Phi) is 2.88. The van der Waals surface area contributed by atoms with Crippen molar-refractivity contribution in [1.82, 2.24) is 9.36 Å². The second-order valence-electron chi connectivity index (χ2n) is 3.05. The molecule has 1 aromatic carbocycles. The highest BCUT2D eigenvalue weighted by atomic mass is 35.5. The van der Waals surface area contributed by atoms with Gasteiger partial charge in [0.15, 0.2) is 0 Å². The van der Waals surface area contributed by atoms with Gasteiger partial charge in [-0.25, -0.2) is 4.98 Å². The van der Waals surface area contributed by atoms with Crippen molar-refractivity contribution in [2.45, 2.75) is 6.92 Å². The summed E-state index contributed by atoms with van der Waals surface area (Å²) < 4.78 is 9.16. The summed E-state index contributed by atoms with van der Waals surface area (Å²) in [4.78, 5) is 4.10. The van der Waals surface area contributed by atoms with Crippen molar-refractivity contribution in [3.8, 4) is 16.3 Å². The molecule has 1 heterocycles. The van der Waals surface area contributed by atoms with Crippen LogP contribution in [0.5, 0.6) is 5.75 Å². The van der Waals surface area contributed by atoms with Crippen molar-refractivity contribution in [3.05, 3.63) is 29.0 Å². The van der Waals surface area contributed by atoms with Crippen LogP contribution < -0.4 is 4.74 Å². The number of nitrogens with zero attached hydrogens (tertiary/aromatic N) is 2. The summed E-state index contributed by atoms with van der Waals surface area (Å²) >= 11 is 6.95. The first-order chi connectivity index (χ1) is 7.20. The summed E-state index contributed by atoms with van der Waals surface area (Å²) in [6, 6.07) is 5.91. The van der Waals surface area contributed by atoms with Crippen LogP contribution in [0.1, 0.15) is 5.56 Å². The first-order valence-electron chi connectivity index (χ1n) is 4.35. The topological polar surface area (TPSA) is 35.0 Å². The molecule has 0 spiro atoms. The molecule has 3 nitrogen and oxygen atoms in total. The van der Waals surface area contributed by atoms with Gasteiger partial charge in [0.25, 0.3) is 0 Å². The van der Waals surface area contributed by atoms with Crippen LogP contribution >= 0.6 is 23.1 Å². The zero-order valence-electron chi connectivity index (χ0n) is 8.32. The molecule has 1 aromatic heterocycles. The number of ether oxygens (including phenoxy) is 1. The van der Waals surface area contributed by atoms with E-state index in [1.807, 2.05) is 25.1 Å². The van der Waals surface area contributed by atoms with Crippen LogP contribution in [0.15, 0.2) is 18.2 Å². The molecule has 0 saturated heterocycles. The number of halogens is 1. The van der Waals surface area contributed by atoms with Crippen LogP contribution in [0.25, 0.3) is 10.6 Å². The first kappa shape index (κ1) is 10.4. The van der Waals surface area contributed by atoms with Gasteiger partial charge in [-0.2, -0.15) is 4.37 Å². The van der Waals surface area contributed by atoms with Gasteiger partial charge in [0, 0.05) is 5.56 Å². The molecule has 0 N–H and O–H groups in total. The van der Waals surface area contributed by atoms with Gasteiger partial charge in [-0.1, -0.05) is 12.1 Å². The molecule has 0 atom stereocenters. The lowest BCUT2D eigenvalue weighted by Crippen LogP contribution is -1.87. The van der Waals surface area contributed by atoms with Gasteiger partial charge in [-0.15, -0.1) is 0 Å². The third-order valence-corrected chi connectivity index (χ3v) is 3.09. The number of hydrogen-bond acceptors (Lipinski definition) is 4. The summed E-state index contributed by atoms with van der Waals surface area (Å²) in [5, 5.41) is 1.09. The Morgan fingerprint density at radius 3 is 2.80 bits per heavy atom. The van der Waals surface area contributed by atoms with E-state index < -0.39 is 0 Å². The van der Waals surface area contributed by atoms with Crippen molar-refractivity contribution in [1.29, 1.82) is 0 Å². The lowest BCUT2D eigenvalue weighted by atomic mass is 10.1. The van der Waals surface area contributed by atoms with Crippen LogP contribution in [-0.4, -0.2) is 16.5 Å². The summed E-state index contributed by atoms with van der Waals surface area (Å²) in [6.45, 7) is 2.00. The lowest BCUT2D eigenvalue weighted by molar-refractivity contribution is 0.412. The number of methoxy groups -OCH3 is 1. The minimum absolute atomic E-state index is 0.287. The van der Waals surface area contributed by atoms with Gasteiger partial charge in [0.1, 0.15) is 10.8 Å². The average molecular weight is 241 g/mol. The molecule has 2 aromatic rings. The summed E-state index contributed by atoms with van der Waals surface area (Å²) in [5.41, 5.74) is 2.07. The molecular weight excluding hydrogens is 232 g/mol. The van der Waals surface area contributed by atoms with E-state index in [9.17, 15) is 0 Å². The fraction of sp³-hybridized carbons (Fsp3) is 0.200. The molecule has 5 heteroatoms. The lowest BCUT2D eigenvalue weighted by Gasteiger charge is -2.05. The standard InChI is InChI=1S/C10H9ClN2OS/c1-6-3-4-7(5-8(6)14-2)9-12-10(11)13-15-9/h3-5H,1-2H3. The van der Waals surface area contributed by atoms with Crippen molar-refractivity contribution in [3.63, 3.8) is 0 Å². The quantitative estimate of drug-likeness (QED) is 0.809. The maximum atomic E-state index is 5.67. The van der Waals surface area contributed by atoms with E-state index in [4.69, 9.17) is 16.3 Å². The zero-order valence-corrected chi connectivity index (χ0v) is 9.89. The third-order valence-electron chi connectivity index (χ3n) is 2.06. The van der Waals surface area contributed by atoms with E-state index in [1.165, 1.54) is 11.5 Å². The Balaban J connectivity index is 2.45. The van der Waals surface area contributed by atoms with Crippen LogP contribution in [-0.2, 0) is 0 Å². The normalized spacial score (nSPS) is 10.3. The largest absolute Gasteiger partial charge is 0.496 e. The highest BCUT2D eigenvalue weighted by molar-refractivity contribution is 7.09. The van der Waals surface area contributed by atoms with E-state index in [0.717, 1.165) is 21.9 Å². The molecule has 15 heavy (non-hydrogen) atoms. The van der Waals surface area contributed by atoms with Crippen molar-refractivity contribution in [2.24, 2.45) is 0 Å². The van der Waals surface area contributed by atoms with Crippen LogP contribution in [0.3, 0.4) is 0 Å². The van der Waals surface area contributed by atoms with Gasteiger partial charge < -0.3 is 4.74 Å². The predicted octanol–water partition coefficient (Wildman–Crippen LogP) is 3.18. The van der Waals surface area contributed by atoms with Gasteiger partial charge >= 0.3 is 0 Å². The van der Waals surface area contributed by atoms with Crippen LogP contribution in [0.4, 0.5) is 0 Å². The second kappa shape index (κ2) is 4.16. The molecule has 0 aliphatic rings. The minimum atomic E-state index is 0.287. The van der Waals surface area contributed by atoms with Gasteiger partial charge in [-0.3, -0.25) is 0 Å². The van der Waals surface area contributed by atoms with E-state index in [1.54, 1.807) is 7.11 Å². The number of rotatable bonds is 2. The number of hydrogen-bond donors (Lipinski definition) is 0. The minimum Gasteiger partial charge on any atom is -0.496 e. The molecule has 0 radical (unpaired) electrons. The smallest absolute Gasteiger partial charge is 0.234 e. The van der Waals surface area contributed by atoms with Crippen molar-refractivity contribution < 1.29 is 4.74 Å². The Hall–Kier alpha value is -1.13.